The lowest BCUT2D eigenvalue weighted by Crippen LogP contribution is -2.07. The van der Waals surface area contributed by atoms with Gasteiger partial charge in [0.05, 0.1) is 0 Å². The van der Waals surface area contributed by atoms with Gasteiger partial charge in [-0.1, -0.05) is 18.2 Å². The number of hydrogen-bond acceptors (Lipinski definition) is 3. The number of halogens is 2. The first kappa shape index (κ1) is 13.6. The van der Waals surface area contributed by atoms with Crippen LogP contribution in [-0.4, -0.2) is 4.98 Å². The Morgan fingerprint density at radius 2 is 2.11 bits per heavy atom. The Balaban J connectivity index is 2.24. The summed E-state index contributed by atoms with van der Waals surface area (Å²) in [4.78, 5) is 4.05. The molecule has 0 amide bonds. The minimum Gasteiger partial charge on any atom is -0.482 e. The Kier molecular flexibility index (Phi) is 4.45. The first-order valence-electron chi connectivity index (χ1n) is 5.40. The molecule has 0 aliphatic carbocycles. The van der Waals surface area contributed by atoms with E-state index >= 15 is 0 Å². The van der Waals surface area contributed by atoms with Gasteiger partial charge in [0.15, 0.2) is 11.6 Å². The van der Waals surface area contributed by atoms with E-state index in [0.29, 0.717) is 11.6 Å². The highest BCUT2D eigenvalue weighted by Crippen LogP contribution is 2.29. The number of pyridine rings is 1. The van der Waals surface area contributed by atoms with Crippen LogP contribution in [0.1, 0.15) is 18.6 Å². The molecule has 1 heterocycles. The number of nitrogens with two attached hydrogens (primary N) is 1. The molecule has 0 fully saturated rings. The third-order valence-corrected chi connectivity index (χ3v) is 3.91. The van der Waals surface area contributed by atoms with Gasteiger partial charge >= 0.3 is 0 Å². The van der Waals surface area contributed by atoms with E-state index < -0.39 is 0 Å². The van der Waals surface area contributed by atoms with Crippen molar-refractivity contribution in [1.29, 1.82) is 0 Å². The number of nitrogen functional groups attached to an aromatic ring is 1. The predicted octanol–water partition coefficient (Wildman–Crippen LogP) is 4.17. The van der Waals surface area contributed by atoms with Crippen molar-refractivity contribution in [2.24, 2.45) is 0 Å². The maximum absolute atomic E-state index is 5.87. The molecule has 0 bridgehead atoms. The van der Waals surface area contributed by atoms with E-state index in [9.17, 15) is 0 Å². The predicted molar refractivity (Wildman–Crippen MR) is 84.6 cm³/mol. The van der Waals surface area contributed by atoms with Crippen LogP contribution < -0.4 is 10.5 Å². The molecule has 1 atom stereocenters. The molecule has 3 nitrogen and oxygen atoms in total. The average molecular weight is 419 g/mol. The van der Waals surface area contributed by atoms with Gasteiger partial charge in [0.1, 0.15) is 6.10 Å². The molecule has 1 aromatic carbocycles. The van der Waals surface area contributed by atoms with Crippen LogP contribution in [0.15, 0.2) is 41.0 Å². The average Bonchev–Trinajstić information content (AvgIpc) is 2.34. The third-order valence-electron chi connectivity index (χ3n) is 2.50. The van der Waals surface area contributed by atoms with Crippen LogP contribution >= 0.6 is 38.5 Å². The zero-order chi connectivity index (χ0) is 13.1. The number of benzene rings is 1. The highest BCUT2D eigenvalue weighted by atomic mass is 127. The van der Waals surface area contributed by atoms with Gasteiger partial charge in [-0.15, -0.1) is 0 Å². The fourth-order valence-corrected chi connectivity index (χ4v) is 2.72. The largest absolute Gasteiger partial charge is 0.482 e. The summed E-state index contributed by atoms with van der Waals surface area (Å²) in [6.07, 6.45) is 1.58. The zero-order valence-electron chi connectivity index (χ0n) is 9.73. The number of rotatable bonds is 3. The summed E-state index contributed by atoms with van der Waals surface area (Å²) in [6, 6.07) is 9.94. The van der Waals surface area contributed by atoms with Crippen LogP contribution in [-0.2, 0) is 0 Å². The zero-order valence-corrected chi connectivity index (χ0v) is 13.5. The minimum absolute atomic E-state index is 0.0727. The summed E-state index contributed by atoms with van der Waals surface area (Å²) in [5.41, 5.74) is 6.93. The molecule has 0 spiro atoms. The van der Waals surface area contributed by atoms with Crippen molar-refractivity contribution in [3.05, 3.63) is 50.1 Å². The molecule has 0 saturated heterocycles. The summed E-state index contributed by atoms with van der Waals surface area (Å²) < 4.78 is 7.89. The van der Waals surface area contributed by atoms with Gasteiger partial charge in [0.2, 0.25) is 0 Å². The number of aromatic nitrogens is 1. The smallest absolute Gasteiger partial charge is 0.166 e. The molecule has 94 valence electrons. The van der Waals surface area contributed by atoms with E-state index in [2.05, 4.69) is 49.6 Å². The molecule has 1 aromatic heterocycles. The molecule has 0 aliphatic heterocycles. The fraction of sp³-hybridized carbons (Fsp3) is 0.154. The quantitative estimate of drug-likeness (QED) is 0.761. The Bertz CT molecular complexity index is 562. The van der Waals surface area contributed by atoms with Gasteiger partial charge < -0.3 is 10.5 Å². The fourth-order valence-electron chi connectivity index (χ4n) is 1.58. The lowest BCUT2D eigenvalue weighted by atomic mass is 10.1. The van der Waals surface area contributed by atoms with E-state index in [-0.39, 0.29) is 6.10 Å². The molecular formula is C13H12BrIN2O. The Hall–Kier alpha value is -0.820. The summed E-state index contributed by atoms with van der Waals surface area (Å²) in [7, 11) is 0. The summed E-state index contributed by atoms with van der Waals surface area (Å²) >= 11 is 5.65. The minimum atomic E-state index is -0.0727. The second kappa shape index (κ2) is 5.88. The van der Waals surface area contributed by atoms with Gasteiger partial charge in [-0.05, 0) is 57.6 Å². The van der Waals surface area contributed by atoms with Crippen LogP contribution in [0.5, 0.6) is 5.75 Å². The van der Waals surface area contributed by atoms with Gasteiger partial charge in [0, 0.05) is 19.8 Å². The lowest BCUT2D eigenvalue weighted by Gasteiger charge is -2.17. The van der Waals surface area contributed by atoms with Crippen LogP contribution in [0, 0.1) is 3.57 Å². The number of ether oxygens (including phenoxy) is 1. The van der Waals surface area contributed by atoms with Crippen molar-refractivity contribution in [2.75, 3.05) is 5.73 Å². The molecule has 5 heteroatoms. The van der Waals surface area contributed by atoms with Crippen molar-refractivity contribution in [3.8, 4) is 5.75 Å². The second-order valence-corrected chi connectivity index (χ2v) is 5.90. The Morgan fingerprint density at radius 3 is 2.83 bits per heavy atom. The van der Waals surface area contributed by atoms with E-state index in [1.807, 2.05) is 31.2 Å². The third kappa shape index (κ3) is 3.14. The molecular weight excluding hydrogens is 407 g/mol. The standard InChI is InChI=1S/C13H12BrIN2O/c1-8(10-4-2-3-5-11(10)15)18-12-6-9(14)7-17-13(12)16/h2-8H,1H3,(H2,16,17)/t8-/m1/s1. The van der Waals surface area contributed by atoms with Gasteiger partial charge in [0.25, 0.3) is 0 Å². The van der Waals surface area contributed by atoms with Crippen molar-refractivity contribution in [1.82, 2.24) is 4.98 Å². The maximum atomic E-state index is 5.87. The topological polar surface area (TPSA) is 48.1 Å². The molecule has 0 radical (unpaired) electrons. The van der Waals surface area contributed by atoms with Gasteiger partial charge in [-0.2, -0.15) is 0 Å². The Morgan fingerprint density at radius 1 is 1.39 bits per heavy atom. The van der Waals surface area contributed by atoms with Crippen molar-refractivity contribution >= 4 is 44.3 Å². The van der Waals surface area contributed by atoms with Crippen molar-refractivity contribution in [2.45, 2.75) is 13.0 Å². The number of nitrogens with zero attached hydrogens (tertiary/aromatic N) is 1. The normalized spacial score (nSPS) is 12.2. The number of hydrogen-bond donors (Lipinski definition) is 1. The molecule has 2 rings (SSSR count). The first-order chi connectivity index (χ1) is 8.58. The highest BCUT2D eigenvalue weighted by molar-refractivity contribution is 14.1. The van der Waals surface area contributed by atoms with Gasteiger partial charge in [-0.25, -0.2) is 4.98 Å². The highest BCUT2D eigenvalue weighted by Gasteiger charge is 2.12. The second-order valence-electron chi connectivity index (χ2n) is 3.82. The van der Waals surface area contributed by atoms with E-state index in [0.717, 1.165) is 10.0 Å². The van der Waals surface area contributed by atoms with Crippen molar-refractivity contribution in [3.63, 3.8) is 0 Å². The molecule has 0 aliphatic rings. The van der Waals surface area contributed by atoms with E-state index in [4.69, 9.17) is 10.5 Å². The molecule has 0 saturated carbocycles. The first-order valence-corrected chi connectivity index (χ1v) is 7.27. The Labute approximate surface area is 128 Å². The van der Waals surface area contributed by atoms with Crippen LogP contribution in [0.3, 0.4) is 0 Å². The monoisotopic (exact) mass is 418 g/mol. The maximum Gasteiger partial charge on any atom is 0.166 e. The van der Waals surface area contributed by atoms with Crippen LogP contribution in [0.4, 0.5) is 5.82 Å². The summed E-state index contributed by atoms with van der Waals surface area (Å²) in [6.45, 7) is 2.00. The van der Waals surface area contributed by atoms with E-state index in [1.54, 1.807) is 6.20 Å². The SMILES string of the molecule is C[C@@H](Oc1cc(Br)cnc1N)c1ccccc1I. The molecule has 2 aromatic rings. The van der Waals surface area contributed by atoms with Crippen LogP contribution in [0.2, 0.25) is 0 Å². The molecule has 2 N–H and O–H groups in total. The lowest BCUT2D eigenvalue weighted by molar-refractivity contribution is 0.226. The number of anilines is 1. The van der Waals surface area contributed by atoms with Crippen LogP contribution in [0.25, 0.3) is 0 Å². The molecule has 0 unspecified atom stereocenters. The van der Waals surface area contributed by atoms with Gasteiger partial charge in [-0.3, -0.25) is 0 Å². The van der Waals surface area contributed by atoms with E-state index in [1.165, 1.54) is 3.57 Å². The summed E-state index contributed by atoms with van der Waals surface area (Å²) in [5, 5.41) is 0. The van der Waals surface area contributed by atoms with Crippen molar-refractivity contribution < 1.29 is 4.74 Å². The summed E-state index contributed by atoms with van der Waals surface area (Å²) in [5.74, 6) is 0.993. The molecule has 18 heavy (non-hydrogen) atoms.